The van der Waals surface area contributed by atoms with Crippen LogP contribution in [0.3, 0.4) is 0 Å². The summed E-state index contributed by atoms with van der Waals surface area (Å²) in [5.74, 6) is 2.41. The van der Waals surface area contributed by atoms with E-state index in [2.05, 4.69) is 155 Å². The molecule has 0 aliphatic heterocycles. The summed E-state index contributed by atoms with van der Waals surface area (Å²) in [6, 6.07) is 61.2. The minimum absolute atomic E-state index is 0.685. The van der Waals surface area contributed by atoms with Gasteiger partial charge in [-0.25, -0.2) is 15.0 Å². The van der Waals surface area contributed by atoms with E-state index in [9.17, 15) is 0 Å². The van der Waals surface area contributed by atoms with Gasteiger partial charge in [-0.15, -0.1) is 0 Å². The Kier molecular flexibility index (Phi) is 6.42. The first-order chi connectivity index (χ1) is 24.8. The van der Waals surface area contributed by atoms with Gasteiger partial charge in [0.1, 0.15) is 11.6 Å². The van der Waals surface area contributed by atoms with Crippen molar-refractivity contribution in [2.24, 2.45) is 0 Å². The number of nitrogens with zero attached hydrogens (tertiary/aromatic N) is 5. The van der Waals surface area contributed by atoms with E-state index >= 15 is 0 Å². The molecule has 0 unspecified atom stereocenters. The molecule has 50 heavy (non-hydrogen) atoms. The van der Waals surface area contributed by atoms with Gasteiger partial charge in [0.2, 0.25) is 0 Å². The van der Waals surface area contributed by atoms with E-state index in [1.54, 1.807) is 0 Å². The zero-order valence-corrected chi connectivity index (χ0v) is 27.0. The lowest BCUT2D eigenvalue weighted by Gasteiger charge is -2.13. The topological polar surface area (TPSA) is 48.5 Å². The second-order valence-electron chi connectivity index (χ2n) is 12.5. The van der Waals surface area contributed by atoms with Crippen molar-refractivity contribution >= 4 is 43.6 Å². The van der Waals surface area contributed by atoms with Crippen molar-refractivity contribution in [1.82, 2.24) is 24.1 Å². The fourth-order valence-electron chi connectivity index (χ4n) is 7.23. The number of hydrogen-bond acceptors (Lipinski definition) is 3. The van der Waals surface area contributed by atoms with Gasteiger partial charge < -0.3 is 0 Å². The molecule has 0 fully saturated rings. The monoisotopic (exact) mass is 639 g/mol. The number of imidazole rings is 1. The Bertz CT molecular complexity index is 2780. The zero-order valence-electron chi connectivity index (χ0n) is 27.0. The molecule has 0 aliphatic carbocycles. The average Bonchev–Trinajstić information content (AvgIpc) is 3.74. The summed E-state index contributed by atoms with van der Waals surface area (Å²) < 4.78 is 4.60. The van der Waals surface area contributed by atoms with Crippen molar-refractivity contribution in [3.8, 4) is 45.5 Å². The van der Waals surface area contributed by atoms with Gasteiger partial charge in [-0.2, -0.15) is 0 Å². The largest absolute Gasteiger partial charge is 0.293 e. The van der Waals surface area contributed by atoms with Crippen molar-refractivity contribution < 1.29 is 0 Å². The average molecular weight is 640 g/mol. The third kappa shape index (κ3) is 4.52. The van der Waals surface area contributed by atoms with Crippen molar-refractivity contribution in [3.05, 3.63) is 176 Å². The van der Waals surface area contributed by atoms with E-state index < -0.39 is 0 Å². The lowest BCUT2D eigenvalue weighted by Crippen LogP contribution is -2.03. The van der Waals surface area contributed by atoms with E-state index in [0.717, 1.165) is 72.6 Å². The summed E-state index contributed by atoms with van der Waals surface area (Å²) in [7, 11) is 0. The molecule has 3 aromatic heterocycles. The fraction of sp³-hybridized carbons (Fsp3) is 0. The lowest BCUT2D eigenvalue weighted by molar-refractivity contribution is 1.05. The Morgan fingerprint density at radius 2 is 1.04 bits per heavy atom. The number of benzene rings is 7. The summed E-state index contributed by atoms with van der Waals surface area (Å²) >= 11 is 0. The molecule has 5 nitrogen and oxygen atoms in total. The molecule has 0 N–H and O–H groups in total. The van der Waals surface area contributed by atoms with Crippen LogP contribution < -0.4 is 0 Å². The number of para-hydroxylation sites is 2. The first-order valence-corrected chi connectivity index (χ1v) is 16.8. The van der Waals surface area contributed by atoms with Crippen LogP contribution in [0.2, 0.25) is 0 Å². The predicted molar refractivity (Wildman–Crippen MR) is 205 cm³/mol. The Hall–Kier alpha value is -6.85. The van der Waals surface area contributed by atoms with Crippen molar-refractivity contribution in [3.63, 3.8) is 0 Å². The molecule has 5 heteroatoms. The minimum atomic E-state index is 0.685. The third-order valence-electron chi connectivity index (χ3n) is 9.51. The number of rotatable bonds is 5. The quantitative estimate of drug-likeness (QED) is 0.188. The van der Waals surface area contributed by atoms with Crippen molar-refractivity contribution in [2.75, 3.05) is 0 Å². The molecule has 0 spiro atoms. The Morgan fingerprint density at radius 1 is 0.400 bits per heavy atom. The molecule has 0 amide bonds. The first kappa shape index (κ1) is 28.2. The highest BCUT2D eigenvalue weighted by Crippen LogP contribution is 2.40. The minimum Gasteiger partial charge on any atom is -0.293 e. The SMILES string of the molecule is c1ccc(-c2cc(-n3c4ccccc4c4ccc5cc6nc(-c7ccccc7)n(-c7ccccc7)c6cc5c43)nc(-c3ccccc3)n2)cc1. The number of hydrogen-bond donors (Lipinski definition) is 0. The smallest absolute Gasteiger partial charge is 0.162 e. The molecule has 7 aromatic carbocycles. The summed E-state index contributed by atoms with van der Waals surface area (Å²) in [6.45, 7) is 0. The second-order valence-corrected chi connectivity index (χ2v) is 12.5. The van der Waals surface area contributed by atoms with Gasteiger partial charge >= 0.3 is 0 Å². The Morgan fingerprint density at radius 3 is 1.78 bits per heavy atom. The van der Waals surface area contributed by atoms with Crippen LogP contribution in [0.4, 0.5) is 0 Å². The normalized spacial score (nSPS) is 11.6. The van der Waals surface area contributed by atoms with Crippen LogP contribution in [-0.4, -0.2) is 24.1 Å². The van der Waals surface area contributed by atoms with Crippen LogP contribution in [0.5, 0.6) is 0 Å². The molecule has 0 saturated heterocycles. The molecule has 10 aromatic rings. The summed E-state index contributed by atoms with van der Waals surface area (Å²) in [4.78, 5) is 15.6. The summed E-state index contributed by atoms with van der Waals surface area (Å²) in [6.07, 6.45) is 0. The van der Waals surface area contributed by atoms with Gasteiger partial charge in [-0.05, 0) is 35.7 Å². The van der Waals surface area contributed by atoms with E-state index in [4.69, 9.17) is 15.0 Å². The van der Waals surface area contributed by atoms with E-state index in [1.807, 2.05) is 30.3 Å². The molecule has 234 valence electrons. The van der Waals surface area contributed by atoms with Crippen LogP contribution in [-0.2, 0) is 0 Å². The highest BCUT2D eigenvalue weighted by atomic mass is 15.1. The second kappa shape index (κ2) is 11.4. The van der Waals surface area contributed by atoms with Gasteiger partial charge in [0.15, 0.2) is 5.82 Å². The van der Waals surface area contributed by atoms with Crippen LogP contribution in [0.25, 0.3) is 89.2 Å². The number of aromatic nitrogens is 5. The van der Waals surface area contributed by atoms with E-state index in [0.29, 0.717) is 5.82 Å². The first-order valence-electron chi connectivity index (χ1n) is 16.8. The Labute approximate surface area is 288 Å². The lowest BCUT2D eigenvalue weighted by atomic mass is 10.0. The van der Waals surface area contributed by atoms with Crippen LogP contribution in [0.15, 0.2) is 176 Å². The van der Waals surface area contributed by atoms with Crippen molar-refractivity contribution in [1.29, 1.82) is 0 Å². The molecule has 0 radical (unpaired) electrons. The number of fused-ring (bicyclic) bond motifs is 6. The van der Waals surface area contributed by atoms with E-state index in [1.165, 1.54) is 10.8 Å². The summed E-state index contributed by atoms with van der Waals surface area (Å²) in [5.41, 5.74) is 9.21. The molecule has 0 atom stereocenters. The Balaban J connectivity index is 1.33. The molecule has 10 rings (SSSR count). The van der Waals surface area contributed by atoms with Gasteiger partial charge in [0, 0.05) is 44.6 Å². The maximum Gasteiger partial charge on any atom is 0.162 e. The molecular formula is C45H29N5. The van der Waals surface area contributed by atoms with Gasteiger partial charge in [-0.1, -0.05) is 140 Å². The molecular weight excluding hydrogens is 611 g/mol. The third-order valence-corrected chi connectivity index (χ3v) is 9.51. The fourth-order valence-corrected chi connectivity index (χ4v) is 7.23. The van der Waals surface area contributed by atoms with Gasteiger partial charge in [0.05, 0.1) is 27.8 Å². The van der Waals surface area contributed by atoms with Crippen molar-refractivity contribution in [2.45, 2.75) is 0 Å². The highest BCUT2D eigenvalue weighted by Gasteiger charge is 2.21. The molecule has 0 saturated carbocycles. The zero-order chi connectivity index (χ0) is 33.0. The maximum absolute atomic E-state index is 5.28. The standard InChI is InChI=1S/C45H29N5/c1-5-15-30(16-6-1)38-29-42(48-44(46-38)31-17-7-2-8-18-31)50-40-24-14-13-23-35(40)36-26-25-33-27-39-41(28-37(33)43(36)50)49(34-21-11-4-12-22-34)45(47-39)32-19-9-3-10-20-32/h1-29H. The van der Waals surface area contributed by atoms with Crippen LogP contribution in [0.1, 0.15) is 0 Å². The molecule has 3 heterocycles. The van der Waals surface area contributed by atoms with Crippen LogP contribution >= 0.6 is 0 Å². The highest BCUT2D eigenvalue weighted by molar-refractivity contribution is 6.20. The van der Waals surface area contributed by atoms with Crippen LogP contribution in [0, 0.1) is 0 Å². The maximum atomic E-state index is 5.28. The van der Waals surface area contributed by atoms with Gasteiger partial charge in [-0.3, -0.25) is 9.13 Å². The van der Waals surface area contributed by atoms with Gasteiger partial charge in [0.25, 0.3) is 0 Å². The summed E-state index contributed by atoms with van der Waals surface area (Å²) in [5, 5.41) is 4.59. The molecule has 0 bridgehead atoms. The predicted octanol–water partition coefficient (Wildman–Crippen LogP) is 11.1. The molecule has 0 aliphatic rings. The van der Waals surface area contributed by atoms with E-state index in [-0.39, 0.29) is 0 Å².